The highest BCUT2D eigenvalue weighted by Gasteiger charge is 2.19. The van der Waals surface area contributed by atoms with Crippen LogP contribution in [0.5, 0.6) is 17.2 Å². The molecule has 0 aromatic heterocycles. The van der Waals surface area contributed by atoms with E-state index in [4.69, 9.17) is 20.0 Å². The molecule has 0 aliphatic heterocycles. The van der Waals surface area contributed by atoms with Gasteiger partial charge in [-0.2, -0.15) is 0 Å². The normalized spacial score (nSPS) is 10.3. The maximum Gasteiger partial charge on any atom is 0.347 e. The van der Waals surface area contributed by atoms with Crippen LogP contribution in [0.1, 0.15) is 40.1 Å². The Labute approximate surface area is 230 Å². The molecular formula is C28H30N2O8S. The number of benzene rings is 3. The topological polar surface area (TPSA) is 162 Å². The van der Waals surface area contributed by atoms with Gasteiger partial charge in [0.15, 0.2) is 5.62 Å². The summed E-state index contributed by atoms with van der Waals surface area (Å²) in [5.74, 6) is -1.89. The van der Waals surface area contributed by atoms with Crippen molar-refractivity contribution in [2.75, 3.05) is 6.26 Å². The highest BCUT2D eigenvalue weighted by molar-refractivity contribution is 8.11. The number of amides is 2. The fraction of sp³-hybridized carbons (Fsp3) is 0.179. The van der Waals surface area contributed by atoms with Crippen LogP contribution >= 0.6 is 11.8 Å². The molecule has 206 valence electrons. The molecule has 2 amide bonds. The zero-order chi connectivity index (χ0) is 29.4. The number of phenols is 1. The van der Waals surface area contributed by atoms with E-state index in [-0.39, 0.29) is 28.5 Å². The molecule has 1 unspecified atom stereocenters. The van der Waals surface area contributed by atoms with Gasteiger partial charge in [-0.25, -0.2) is 9.59 Å². The molecular weight excluding hydrogens is 524 g/mol. The van der Waals surface area contributed by atoms with Crippen LogP contribution in [0.25, 0.3) is 0 Å². The number of para-hydroxylation sites is 3. The number of primary amides is 1. The van der Waals surface area contributed by atoms with Gasteiger partial charge in [-0.15, -0.1) is 0 Å². The average Bonchev–Trinajstić information content (AvgIpc) is 2.90. The van der Waals surface area contributed by atoms with Gasteiger partial charge in [-0.3, -0.25) is 14.4 Å². The second kappa shape index (κ2) is 17.0. The zero-order valence-corrected chi connectivity index (χ0v) is 22.7. The first-order valence-electron chi connectivity index (χ1n) is 11.4. The fourth-order valence-corrected chi connectivity index (χ4v) is 2.73. The van der Waals surface area contributed by atoms with Crippen LogP contribution < -0.4 is 20.5 Å². The third kappa shape index (κ3) is 11.5. The summed E-state index contributed by atoms with van der Waals surface area (Å²) in [6, 6.07) is 18.9. The van der Waals surface area contributed by atoms with Crippen LogP contribution in [0.2, 0.25) is 0 Å². The lowest BCUT2D eigenvalue weighted by molar-refractivity contribution is -0.125. The molecule has 0 saturated heterocycles. The molecule has 11 heteroatoms. The minimum absolute atomic E-state index is 0.00887. The second-order valence-corrected chi connectivity index (χ2v) is 8.38. The van der Waals surface area contributed by atoms with Crippen molar-refractivity contribution in [2.24, 2.45) is 5.73 Å². The molecule has 0 saturated carbocycles. The van der Waals surface area contributed by atoms with Crippen molar-refractivity contribution in [3.8, 4) is 17.2 Å². The van der Waals surface area contributed by atoms with Gasteiger partial charge in [-0.05, 0) is 56.0 Å². The maximum absolute atomic E-state index is 12.5. The highest BCUT2D eigenvalue weighted by Crippen LogP contribution is 2.25. The maximum atomic E-state index is 12.5. The molecule has 39 heavy (non-hydrogen) atoms. The molecule has 0 spiro atoms. The molecule has 0 aliphatic rings. The number of hydrogen-bond donors (Lipinski definition) is 3. The third-order valence-corrected chi connectivity index (χ3v) is 4.87. The van der Waals surface area contributed by atoms with E-state index in [1.807, 2.05) is 19.1 Å². The molecule has 3 aromatic carbocycles. The van der Waals surface area contributed by atoms with E-state index in [9.17, 15) is 24.3 Å². The van der Waals surface area contributed by atoms with Crippen molar-refractivity contribution in [2.45, 2.75) is 26.8 Å². The number of thioether (sulfide) groups is 1. The Morgan fingerprint density at radius 1 is 0.872 bits per heavy atom. The Morgan fingerprint density at radius 3 is 1.82 bits per heavy atom. The Balaban J connectivity index is 0.000000489. The van der Waals surface area contributed by atoms with Gasteiger partial charge < -0.3 is 25.6 Å². The number of aromatic hydroxyl groups is 1. The van der Waals surface area contributed by atoms with E-state index in [1.165, 1.54) is 49.9 Å². The van der Waals surface area contributed by atoms with Gasteiger partial charge in [0.05, 0.1) is 0 Å². The lowest BCUT2D eigenvalue weighted by Crippen LogP contribution is -2.41. The van der Waals surface area contributed by atoms with Gasteiger partial charge in [0.25, 0.3) is 0 Å². The molecule has 10 nitrogen and oxygen atoms in total. The van der Waals surface area contributed by atoms with Crippen molar-refractivity contribution in [3.05, 3.63) is 89.5 Å². The molecule has 0 aliphatic carbocycles. The summed E-state index contributed by atoms with van der Waals surface area (Å²) in [6.07, 6.45) is 1.73. The first-order valence-corrected chi connectivity index (χ1v) is 12.7. The van der Waals surface area contributed by atoms with Crippen molar-refractivity contribution in [3.63, 3.8) is 0 Å². The van der Waals surface area contributed by atoms with Crippen LogP contribution in [-0.2, 0) is 14.4 Å². The van der Waals surface area contributed by atoms with Gasteiger partial charge in [0, 0.05) is 6.92 Å². The van der Waals surface area contributed by atoms with Crippen LogP contribution in [0, 0.1) is 6.92 Å². The van der Waals surface area contributed by atoms with E-state index in [0.717, 1.165) is 11.2 Å². The summed E-state index contributed by atoms with van der Waals surface area (Å²) in [5.41, 5.74) is 6.55. The summed E-state index contributed by atoms with van der Waals surface area (Å²) in [5, 5.41) is 12.1. The van der Waals surface area contributed by atoms with Crippen LogP contribution in [0.3, 0.4) is 0 Å². The SMILES string of the molecule is CC(=O)NC(C)C(N)=O.CSC=O.Cc1ccccc1OC(=O)c1ccccc1OC(=O)c1ccccc1O. The number of phenolic OH excluding ortho intramolecular Hbond substituents is 1. The number of carbonyl (C=O) groups excluding carboxylic acids is 5. The Morgan fingerprint density at radius 2 is 1.33 bits per heavy atom. The molecule has 0 radical (unpaired) electrons. The number of rotatable bonds is 7. The molecule has 1 atom stereocenters. The van der Waals surface area contributed by atoms with Gasteiger partial charge >= 0.3 is 11.9 Å². The number of esters is 2. The van der Waals surface area contributed by atoms with Crippen LogP contribution in [0.15, 0.2) is 72.8 Å². The predicted octanol–water partition coefficient (Wildman–Crippen LogP) is 3.67. The van der Waals surface area contributed by atoms with Gasteiger partial charge in [0.2, 0.25) is 11.8 Å². The van der Waals surface area contributed by atoms with Crippen molar-refractivity contribution < 1.29 is 38.6 Å². The van der Waals surface area contributed by atoms with E-state index in [1.54, 1.807) is 42.7 Å². The quantitative estimate of drug-likeness (QED) is 0.225. The Hall–Kier alpha value is -4.64. The standard InChI is InChI=1S/C21H16O5.C5H10N2O2.C2H4OS/c1-14-8-2-6-12-18(14)25-21(24)16-10-4-7-13-19(16)26-20(23)15-9-3-5-11-17(15)22;1-3(5(6)9)7-4(2)8;1-4-2-3/h2-13,22H,1H3;3H,1-2H3,(H2,6,9)(H,7,8);2H,1H3. The molecule has 3 rings (SSSR count). The molecule has 4 N–H and O–H groups in total. The van der Waals surface area contributed by atoms with Crippen molar-refractivity contribution >= 4 is 41.1 Å². The van der Waals surface area contributed by atoms with E-state index >= 15 is 0 Å². The van der Waals surface area contributed by atoms with Crippen LogP contribution in [-0.4, -0.2) is 46.8 Å². The van der Waals surface area contributed by atoms with Gasteiger partial charge in [0.1, 0.15) is 34.4 Å². The lowest BCUT2D eigenvalue weighted by Gasteiger charge is -2.11. The van der Waals surface area contributed by atoms with E-state index in [2.05, 4.69) is 5.32 Å². The lowest BCUT2D eigenvalue weighted by atomic mass is 10.2. The summed E-state index contributed by atoms with van der Waals surface area (Å²) >= 11 is 1.18. The number of aryl methyl sites for hydroxylation is 1. The summed E-state index contributed by atoms with van der Waals surface area (Å²) < 4.78 is 10.7. The first kappa shape index (κ1) is 32.4. The number of nitrogens with one attached hydrogen (secondary N) is 1. The third-order valence-electron chi connectivity index (χ3n) is 4.67. The number of carbonyl (C=O) groups is 5. The monoisotopic (exact) mass is 554 g/mol. The Bertz CT molecular complexity index is 1300. The number of hydrogen-bond acceptors (Lipinski definition) is 9. The summed E-state index contributed by atoms with van der Waals surface area (Å²) in [6.45, 7) is 4.69. The van der Waals surface area contributed by atoms with Gasteiger partial charge in [-0.1, -0.05) is 54.2 Å². The number of ether oxygens (including phenoxy) is 2. The average molecular weight is 555 g/mol. The molecule has 0 heterocycles. The largest absolute Gasteiger partial charge is 0.507 e. The summed E-state index contributed by atoms with van der Waals surface area (Å²) in [7, 11) is 0. The predicted molar refractivity (Wildman–Crippen MR) is 148 cm³/mol. The molecule has 3 aromatic rings. The van der Waals surface area contributed by atoms with Crippen molar-refractivity contribution in [1.29, 1.82) is 0 Å². The minimum Gasteiger partial charge on any atom is -0.507 e. The smallest absolute Gasteiger partial charge is 0.347 e. The first-order chi connectivity index (χ1) is 18.5. The van der Waals surface area contributed by atoms with Crippen LogP contribution in [0.4, 0.5) is 0 Å². The highest BCUT2D eigenvalue weighted by atomic mass is 32.2. The summed E-state index contributed by atoms with van der Waals surface area (Å²) in [4.78, 5) is 54.4. The fourth-order valence-electron chi connectivity index (χ4n) is 2.73. The Kier molecular flexibility index (Phi) is 14.1. The zero-order valence-electron chi connectivity index (χ0n) is 21.9. The molecule has 0 bridgehead atoms. The van der Waals surface area contributed by atoms with E-state index in [0.29, 0.717) is 5.75 Å². The number of nitrogens with two attached hydrogens (primary N) is 1. The second-order valence-electron chi connectivity index (χ2n) is 7.71. The van der Waals surface area contributed by atoms with Crippen molar-refractivity contribution in [1.82, 2.24) is 5.32 Å². The van der Waals surface area contributed by atoms with E-state index < -0.39 is 23.9 Å². The molecule has 0 fully saturated rings. The minimum atomic E-state index is -0.765.